The summed E-state index contributed by atoms with van der Waals surface area (Å²) in [5, 5.41) is 0.666. The first-order valence-corrected chi connectivity index (χ1v) is 11.0. The first-order chi connectivity index (χ1) is 14.5. The molecule has 0 spiro atoms. The summed E-state index contributed by atoms with van der Waals surface area (Å²) in [7, 11) is 0. The highest BCUT2D eigenvalue weighted by Crippen LogP contribution is 2.33. The number of halogens is 1. The highest BCUT2D eigenvalue weighted by Gasteiger charge is 2.32. The lowest BCUT2D eigenvalue weighted by molar-refractivity contribution is -0.143. The third-order valence-electron chi connectivity index (χ3n) is 4.25. The summed E-state index contributed by atoms with van der Waals surface area (Å²) in [6.45, 7) is 2.65. The Morgan fingerprint density at radius 2 is 1.93 bits per heavy atom. The zero-order valence-corrected chi connectivity index (χ0v) is 18.7. The van der Waals surface area contributed by atoms with Gasteiger partial charge in [0.2, 0.25) is 0 Å². The lowest BCUT2D eigenvalue weighted by Gasteiger charge is -2.13. The molecule has 1 heterocycles. The van der Waals surface area contributed by atoms with Crippen LogP contribution in [0.1, 0.15) is 24.5 Å². The second kappa shape index (κ2) is 10.6. The molecule has 30 heavy (non-hydrogen) atoms. The van der Waals surface area contributed by atoms with Gasteiger partial charge >= 0.3 is 5.97 Å². The van der Waals surface area contributed by atoms with E-state index in [2.05, 4.69) is 0 Å². The Labute approximate surface area is 190 Å². The minimum atomic E-state index is -0.345. The van der Waals surface area contributed by atoms with Gasteiger partial charge in [-0.2, -0.15) is 0 Å². The van der Waals surface area contributed by atoms with Crippen LogP contribution in [0, 0.1) is 0 Å². The van der Waals surface area contributed by atoms with Crippen LogP contribution in [0.25, 0.3) is 6.08 Å². The van der Waals surface area contributed by atoms with Crippen molar-refractivity contribution in [1.29, 1.82) is 0 Å². The molecule has 0 bridgehead atoms. The largest absolute Gasteiger partial charge is 0.489 e. The number of carbonyl (C=O) groups excluding carboxylic acids is 2. The van der Waals surface area contributed by atoms with Crippen molar-refractivity contribution in [3.8, 4) is 5.75 Å². The molecule has 1 aliphatic heterocycles. The van der Waals surface area contributed by atoms with E-state index in [1.165, 1.54) is 16.7 Å². The summed E-state index contributed by atoms with van der Waals surface area (Å²) in [4.78, 5) is 26.1. The highest BCUT2D eigenvalue weighted by atomic mass is 35.5. The number of hydrogen-bond acceptors (Lipinski definition) is 6. The number of nitrogens with zero attached hydrogens (tertiary/aromatic N) is 1. The predicted molar refractivity (Wildman–Crippen MR) is 123 cm³/mol. The summed E-state index contributed by atoms with van der Waals surface area (Å²) in [6.07, 6.45) is 1.90. The molecule has 0 atom stereocenters. The fourth-order valence-electron chi connectivity index (χ4n) is 2.72. The molecule has 0 radical (unpaired) electrons. The number of hydrogen-bond donors (Lipinski definition) is 0. The zero-order valence-electron chi connectivity index (χ0n) is 16.3. The van der Waals surface area contributed by atoms with Crippen molar-refractivity contribution in [2.45, 2.75) is 20.0 Å². The second-order valence-electron chi connectivity index (χ2n) is 6.34. The van der Waals surface area contributed by atoms with Gasteiger partial charge < -0.3 is 9.47 Å². The van der Waals surface area contributed by atoms with Crippen LogP contribution >= 0.6 is 35.6 Å². The van der Waals surface area contributed by atoms with Crippen molar-refractivity contribution in [3.63, 3.8) is 0 Å². The van der Waals surface area contributed by atoms with E-state index < -0.39 is 0 Å². The van der Waals surface area contributed by atoms with Gasteiger partial charge in [0.05, 0.1) is 17.9 Å². The van der Waals surface area contributed by atoms with Crippen molar-refractivity contribution in [2.24, 2.45) is 0 Å². The van der Waals surface area contributed by atoms with Crippen LogP contribution in [-0.2, 0) is 20.9 Å². The molecule has 1 amide bonds. The molecule has 8 heteroatoms. The fraction of sp³-hybridized carbons (Fsp3) is 0.227. The van der Waals surface area contributed by atoms with Gasteiger partial charge in [-0.15, -0.1) is 0 Å². The van der Waals surface area contributed by atoms with Crippen molar-refractivity contribution in [1.82, 2.24) is 4.90 Å². The molecular formula is C22H20ClNO4S2. The van der Waals surface area contributed by atoms with Crippen LogP contribution in [0.5, 0.6) is 5.75 Å². The van der Waals surface area contributed by atoms with E-state index in [0.29, 0.717) is 33.2 Å². The predicted octanol–water partition coefficient (Wildman–Crippen LogP) is 5.07. The van der Waals surface area contributed by atoms with Crippen molar-refractivity contribution in [3.05, 3.63) is 69.6 Å². The SMILES string of the molecule is CCOC(=O)CCN1C(=O)/C(=C/c2ccc(OCc3ccccc3Cl)cc2)SC1=S. The summed E-state index contributed by atoms with van der Waals surface area (Å²) < 4.78 is 11.1. The van der Waals surface area contributed by atoms with Gasteiger partial charge in [0.15, 0.2) is 0 Å². The number of carbonyl (C=O) groups is 2. The average Bonchev–Trinajstić information content (AvgIpc) is 3.00. The van der Waals surface area contributed by atoms with E-state index in [0.717, 1.165) is 11.1 Å². The number of benzene rings is 2. The smallest absolute Gasteiger partial charge is 0.307 e. The van der Waals surface area contributed by atoms with Gasteiger partial charge in [-0.05, 0) is 36.8 Å². The van der Waals surface area contributed by atoms with E-state index in [4.69, 9.17) is 33.3 Å². The van der Waals surface area contributed by atoms with Gasteiger partial charge in [-0.25, -0.2) is 0 Å². The topological polar surface area (TPSA) is 55.8 Å². The third-order valence-corrected chi connectivity index (χ3v) is 5.99. The maximum Gasteiger partial charge on any atom is 0.307 e. The first kappa shape index (κ1) is 22.3. The minimum absolute atomic E-state index is 0.116. The number of ether oxygens (including phenoxy) is 2. The molecule has 0 unspecified atom stereocenters. The van der Waals surface area contributed by atoms with Crippen LogP contribution in [0.15, 0.2) is 53.4 Å². The summed E-state index contributed by atoms with van der Waals surface area (Å²) in [5.41, 5.74) is 1.76. The number of rotatable bonds is 8. The van der Waals surface area contributed by atoms with Gasteiger partial charge in [-0.1, -0.05) is 65.9 Å². The Morgan fingerprint density at radius 3 is 2.63 bits per heavy atom. The quantitative estimate of drug-likeness (QED) is 0.310. The van der Waals surface area contributed by atoms with Crippen molar-refractivity contribution >= 4 is 57.9 Å². The molecule has 156 valence electrons. The number of thiocarbonyl (C=S) groups is 1. The van der Waals surface area contributed by atoms with E-state index in [-0.39, 0.29) is 24.8 Å². The molecule has 0 saturated carbocycles. The third kappa shape index (κ3) is 5.84. The molecule has 2 aromatic carbocycles. The van der Waals surface area contributed by atoms with E-state index >= 15 is 0 Å². The summed E-state index contributed by atoms with van der Waals surface area (Å²) >= 11 is 12.7. The van der Waals surface area contributed by atoms with Gasteiger partial charge in [-0.3, -0.25) is 14.5 Å². The summed E-state index contributed by atoms with van der Waals surface area (Å²) in [6, 6.07) is 14.9. The Morgan fingerprint density at radius 1 is 1.20 bits per heavy atom. The van der Waals surface area contributed by atoms with Crippen molar-refractivity contribution < 1.29 is 19.1 Å². The minimum Gasteiger partial charge on any atom is -0.489 e. The molecule has 3 rings (SSSR count). The average molecular weight is 462 g/mol. The van der Waals surface area contributed by atoms with Crippen LogP contribution in [-0.4, -0.2) is 34.2 Å². The maximum absolute atomic E-state index is 12.6. The van der Waals surface area contributed by atoms with Crippen LogP contribution in [0.2, 0.25) is 5.02 Å². The molecule has 0 N–H and O–H groups in total. The van der Waals surface area contributed by atoms with Crippen LogP contribution in [0.4, 0.5) is 0 Å². The summed E-state index contributed by atoms with van der Waals surface area (Å²) in [5.74, 6) is 0.158. The van der Waals surface area contributed by atoms with Gasteiger partial charge in [0.1, 0.15) is 16.7 Å². The molecule has 0 aliphatic carbocycles. The van der Waals surface area contributed by atoms with Crippen LogP contribution in [0.3, 0.4) is 0 Å². The monoisotopic (exact) mass is 461 g/mol. The van der Waals surface area contributed by atoms with Crippen molar-refractivity contribution in [2.75, 3.05) is 13.2 Å². The van der Waals surface area contributed by atoms with Gasteiger partial charge in [0.25, 0.3) is 5.91 Å². The normalized spacial score (nSPS) is 15.0. The van der Waals surface area contributed by atoms with E-state index in [1.54, 1.807) is 13.0 Å². The fourth-order valence-corrected chi connectivity index (χ4v) is 4.22. The second-order valence-corrected chi connectivity index (χ2v) is 8.42. The van der Waals surface area contributed by atoms with E-state index in [9.17, 15) is 9.59 Å². The standard InChI is InChI=1S/C22H20ClNO4S2/c1-2-27-20(25)11-12-24-21(26)19(30-22(24)29)13-15-7-9-17(10-8-15)28-14-16-5-3-4-6-18(16)23/h3-10,13H,2,11-12,14H2,1H3/b19-13-. The first-order valence-electron chi connectivity index (χ1n) is 9.35. The maximum atomic E-state index is 12.6. The number of amides is 1. The van der Waals surface area contributed by atoms with E-state index in [1.807, 2.05) is 48.5 Å². The Balaban J connectivity index is 1.60. The Bertz CT molecular complexity index is 975. The number of esters is 1. The highest BCUT2D eigenvalue weighted by molar-refractivity contribution is 8.26. The zero-order chi connectivity index (χ0) is 21.5. The van der Waals surface area contributed by atoms with Gasteiger partial charge in [0, 0.05) is 17.1 Å². The lowest BCUT2D eigenvalue weighted by atomic mass is 10.2. The lowest BCUT2D eigenvalue weighted by Crippen LogP contribution is -2.30. The molecule has 0 aromatic heterocycles. The molecule has 1 fully saturated rings. The molecule has 1 saturated heterocycles. The molecule has 1 aliphatic rings. The molecule has 5 nitrogen and oxygen atoms in total. The van der Waals surface area contributed by atoms with Crippen LogP contribution < -0.4 is 4.74 Å². The molecular weight excluding hydrogens is 442 g/mol. The Hall–Kier alpha value is -2.35. The molecule has 2 aromatic rings. The number of thioether (sulfide) groups is 1. The Kier molecular flexibility index (Phi) is 7.90.